The molecule has 0 radical (unpaired) electrons. The number of ketones is 1. The Hall–Kier alpha value is -2.41. The number of carbonyl (C=O) groups excluding carboxylic acids is 1. The topological polar surface area (TPSA) is 49.3 Å². The third-order valence-electron chi connectivity index (χ3n) is 4.31. The van der Waals surface area contributed by atoms with Crippen LogP contribution in [0.4, 0.5) is 14.7 Å². The minimum absolute atomic E-state index is 0.0401. The van der Waals surface area contributed by atoms with E-state index in [9.17, 15) is 13.6 Å². The summed E-state index contributed by atoms with van der Waals surface area (Å²) < 4.78 is 25.7. The van der Waals surface area contributed by atoms with Gasteiger partial charge in [-0.3, -0.25) is 9.69 Å². The lowest BCUT2D eigenvalue weighted by atomic mass is 10.1. The van der Waals surface area contributed by atoms with Crippen molar-refractivity contribution in [1.29, 1.82) is 0 Å². The molecular formula is C18H20F2N4O. The summed E-state index contributed by atoms with van der Waals surface area (Å²) in [6.45, 7) is 4.09. The van der Waals surface area contributed by atoms with Crippen molar-refractivity contribution >= 4 is 11.7 Å². The van der Waals surface area contributed by atoms with Gasteiger partial charge in [0.05, 0.1) is 12.4 Å². The zero-order chi connectivity index (χ0) is 17.6. The van der Waals surface area contributed by atoms with Gasteiger partial charge in [-0.1, -0.05) is 0 Å². The number of nitrogens with zero attached hydrogens (tertiary/aromatic N) is 4. The SMILES string of the molecule is O=C(CCCN1CCN(c2ncc(F)cn2)CC1)c1ccc(F)cc1. The Kier molecular flexibility index (Phi) is 5.65. The zero-order valence-electron chi connectivity index (χ0n) is 13.9. The molecule has 0 amide bonds. The Morgan fingerprint density at radius 2 is 1.60 bits per heavy atom. The van der Waals surface area contributed by atoms with Crippen LogP contribution in [0.15, 0.2) is 36.7 Å². The van der Waals surface area contributed by atoms with Crippen molar-refractivity contribution in [1.82, 2.24) is 14.9 Å². The van der Waals surface area contributed by atoms with Crippen molar-refractivity contribution in [2.24, 2.45) is 0 Å². The Balaban J connectivity index is 1.40. The highest BCUT2D eigenvalue weighted by Crippen LogP contribution is 2.12. The Labute approximate surface area is 145 Å². The molecule has 2 aromatic rings. The van der Waals surface area contributed by atoms with E-state index in [0.29, 0.717) is 17.9 Å². The molecule has 0 N–H and O–H groups in total. The average molecular weight is 346 g/mol. The van der Waals surface area contributed by atoms with Gasteiger partial charge in [-0.25, -0.2) is 18.7 Å². The standard InChI is InChI=1S/C18H20F2N4O/c19-15-5-3-14(4-6-15)17(25)2-1-7-23-8-10-24(11-9-23)18-21-12-16(20)13-22-18/h3-6,12-13H,1-2,7-11H2. The third kappa shape index (κ3) is 4.79. The second-order valence-electron chi connectivity index (χ2n) is 6.06. The second kappa shape index (κ2) is 8.11. The molecule has 1 aromatic heterocycles. The summed E-state index contributed by atoms with van der Waals surface area (Å²) in [5.74, 6) is -0.182. The lowest BCUT2D eigenvalue weighted by Crippen LogP contribution is -2.47. The molecule has 0 bridgehead atoms. The highest BCUT2D eigenvalue weighted by molar-refractivity contribution is 5.95. The number of rotatable bonds is 6. The molecule has 0 spiro atoms. The molecule has 3 rings (SSSR count). The van der Waals surface area contributed by atoms with Crippen molar-refractivity contribution in [2.75, 3.05) is 37.6 Å². The van der Waals surface area contributed by atoms with Crippen molar-refractivity contribution in [3.63, 3.8) is 0 Å². The van der Waals surface area contributed by atoms with E-state index in [4.69, 9.17) is 0 Å². The molecule has 0 aliphatic carbocycles. The van der Waals surface area contributed by atoms with Crippen LogP contribution in [0.25, 0.3) is 0 Å². The molecule has 0 atom stereocenters. The number of benzene rings is 1. The summed E-state index contributed by atoms with van der Waals surface area (Å²) in [5.41, 5.74) is 0.555. The van der Waals surface area contributed by atoms with Gasteiger partial charge in [0.2, 0.25) is 5.95 Å². The summed E-state index contributed by atoms with van der Waals surface area (Å²) in [6, 6.07) is 5.67. The number of aromatic nitrogens is 2. The second-order valence-corrected chi connectivity index (χ2v) is 6.06. The smallest absolute Gasteiger partial charge is 0.225 e. The van der Waals surface area contributed by atoms with E-state index in [1.165, 1.54) is 36.7 Å². The van der Waals surface area contributed by atoms with Gasteiger partial charge >= 0.3 is 0 Å². The van der Waals surface area contributed by atoms with Gasteiger partial charge in [-0.2, -0.15) is 0 Å². The van der Waals surface area contributed by atoms with Crippen molar-refractivity contribution in [2.45, 2.75) is 12.8 Å². The number of anilines is 1. The Morgan fingerprint density at radius 3 is 2.24 bits per heavy atom. The largest absolute Gasteiger partial charge is 0.338 e. The van der Waals surface area contributed by atoms with E-state index in [2.05, 4.69) is 14.9 Å². The van der Waals surface area contributed by atoms with Crippen LogP contribution in [0.2, 0.25) is 0 Å². The molecule has 132 valence electrons. The number of hydrogen-bond acceptors (Lipinski definition) is 5. The predicted molar refractivity (Wildman–Crippen MR) is 90.6 cm³/mol. The first kappa shape index (κ1) is 17.4. The van der Waals surface area contributed by atoms with E-state index >= 15 is 0 Å². The molecule has 25 heavy (non-hydrogen) atoms. The molecule has 1 saturated heterocycles. The highest BCUT2D eigenvalue weighted by atomic mass is 19.1. The Bertz CT molecular complexity index is 698. The van der Waals surface area contributed by atoms with Crippen LogP contribution in [0.5, 0.6) is 0 Å². The Morgan fingerprint density at radius 1 is 0.960 bits per heavy atom. The van der Waals surface area contributed by atoms with E-state index in [1.807, 2.05) is 4.90 Å². The first-order valence-electron chi connectivity index (χ1n) is 8.35. The lowest BCUT2D eigenvalue weighted by molar-refractivity contribution is 0.0974. The number of Topliss-reactive ketones (excluding diaryl/α,β-unsaturated/α-hetero) is 1. The third-order valence-corrected chi connectivity index (χ3v) is 4.31. The fraction of sp³-hybridized carbons (Fsp3) is 0.389. The summed E-state index contributed by atoms with van der Waals surface area (Å²) in [7, 11) is 0. The minimum atomic E-state index is -0.437. The molecule has 1 aromatic carbocycles. The molecule has 2 heterocycles. The number of carbonyl (C=O) groups is 1. The quantitative estimate of drug-likeness (QED) is 0.753. The van der Waals surface area contributed by atoms with Crippen LogP contribution in [0, 0.1) is 11.6 Å². The van der Waals surface area contributed by atoms with E-state index in [1.54, 1.807) is 0 Å². The van der Waals surface area contributed by atoms with E-state index in [-0.39, 0.29) is 11.6 Å². The first-order valence-corrected chi connectivity index (χ1v) is 8.35. The lowest BCUT2D eigenvalue weighted by Gasteiger charge is -2.34. The maximum atomic E-state index is 12.9. The molecule has 7 heteroatoms. The van der Waals surface area contributed by atoms with Crippen LogP contribution < -0.4 is 4.90 Å². The molecular weight excluding hydrogens is 326 g/mol. The fourth-order valence-corrected chi connectivity index (χ4v) is 2.88. The van der Waals surface area contributed by atoms with Gasteiger partial charge in [0.25, 0.3) is 0 Å². The molecule has 0 unspecified atom stereocenters. The summed E-state index contributed by atoms with van der Waals surface area (Å²) in [6.07, 6.45) is 3.57. The predicted octanol–water partition coefficient (Wildman–Crippen LogP) is 2.54. The molecule has 5 nitrogen and oxygen atoms in total. The number of hydrogen-bond donors (Lipinski definition) is 0. The summed E-state index contributed by atoms with van der Waals surface area (Å²) >= 11 is 0. The van der Waals surface area contributed by atoms with Crippen molar-refractivity contribution < 1.29 is 13.6 Å². The number of piperazine rings is 1. The van der Waals surface area contributed by atoms with Gasteiger partial charge < -0.3 is 4.90 Å². The molecule has 1 aliphatic rings. The molecule has 0 saturated carbocycles. The van der Waals surface area contributed by atoms with Gasteiger partial charge in [0.1, 0.15) is 5.82 Å². The summed E-state index contributed by atoms with van der Waals surface area (Å²) in [4.78, 5) is 24.4. The van der Waals surface area contributed by atoms with Crippen LogP contribution in [-0.4, -0.2) is 53.4 Å². The fourth-order valence-electron chi connectivity index (χ4n) is 2.88. The molecule has 1 aliphatic heterocycles. The van der Waals surface area contributed by atoms with E-state index in [0.717, 1.165) is 39.1 Å². The monoisotopic (exact) mass is 346 g/mol. The first-order chi connectivity index (χ1) is 12.1. The molecule has 1 fully saturated rings. The maximum absolute atomic E-state index is 12.9. The maximum Gasteiger partial charge on any atom is 0.225 e. The van der Waals surface area contributed by atoms with Crippen molar-refractivity contribution in [3.8, 4) is 0 Å². The van der Waals surface area contributed by atoms with Gasteiger partial charge in [-0.05, 0) is 37.2 Å². The van der Waals surface area contributed by atoms with E-state index < -0.39 is 5.82 Å². The van der Waals surface area contributed by atoms with Crippen LogP contribution in [-0.2, 0) is 0 Å². The summed E-state index contributed by atoms with van der Waals surface area (Å²) in [5, 5.41) is 0. The van der Waals surface area contributed by atoms with Crippen molar-refractivity contribution in [3.05, 3.63) is 53.9 Å². The van der Waals surface area contributed by atoms with Crippen LogP contribution in [0.3, 0.4) is 0 Å². The van der Waals surface area contributed by atoms with Crippen LogP contribution in [0.1, 0.15) is 23.2 Å². The number of halogens is 2. The van der Waals surface area contributed by atoms with Gasteiger partial charge in [-0.15, -0.1) is 0 Å². The zero-order valence-corrected chi connectivity index (χ0v) is 13.9. The van der Waals surface area contributed by atoms with Gasteiger partial charge in [0, 0.05) is 38.2 Å². The normalized spacial score (nSPS) is 15.4. The minimum Gasteiger partial charge on any atom is -0.338 e. The van der Waals surface area contributed by atoms with Crippen LogP contribution >= 0.6 is 0 Å². The highest BCUT2D eigenvalue weighted by Gasteiger charge is 2.19. The van der Waals surface area contributed by atoms with Gasteiger partial charge in [0.15, 0.2) is 11.6 Å². The average Bonchev–Trinajstić information content (AvgIpc) is 2.63.